The number of nitrogens with zero attached hydrogens (tertiary/aromatic N) is 1. The van der Waals surface area contributed by atoms with Crippen LogP contribution in [0.15, 0.2) is 24.3 Å². The third kappa shape index (κ3) is 4.63. The molecule has 0 heterocycles. The van der Waals surface area contributed by atoms with Crippen LogP contribution in [0.2, 0.25) is 0 Å². The summed E-state index contributed by atoms with van der Waals surface area (Å²) in [4.78, 5) is 27.5. The molecule has 4 nitrogen and oxygen atoms in total. The van der Waals surface area contributed by atoms with Crippen LogP contribution < -0.4 is 10.2 Å². The van der Waals surface area contributed by atoms with E-state index >= 15 is 0 Å². The van der Waals surface area contributed by atoms with Crippen molar-refractivity contribution in [3.05, 3.63) is 29.8 Å². The normalized spacial score (nSPS) is 19.5. The summed E-state index contributed by atoms with van der Waals surface area (Å²) >= 11 is 0. The fourth-order valence-corrected chi connectivity index (χ4v) is 4.68. The highest BCUT2D eigenvalue weighted by molar-refractivity contribution is 6.11. The summed E-state index contributed by atoms with van der Waals surface area (Å²) < 4.78 is 39.0. The lowest BCUT2D eigenvalue weighted by Crippen LogP contribution is -2.63. The number of nitrogens with one attached hydrogen (secondary N) is 1. The Morgan fingerprint density at radius 2 is 1.57 bits per heavy atom. The zero-order valence-electron chi connectivity index (χ0n) is 16.9. The average Bonchev–Trinajstić information content (AvgIpc) is 2.75. The number of anilines is 1. The van der Waals surface area contributed by atoms with Gasteiger partial charge in [-0.25, -0.2) is 0 Å². The smallest absolute Gasteiger partial charge is 0.351 e. The first-order chi connectivity index (χ1) is 14.3. The molecular weight excluding hydrogens is 393 g/mol. The van der Waals surface area contributed by atoms with Crippen LogP contribution in [0.25, 0.3) is 0 Å². The number of hydrogen-bond donors (Lipinski definition) is 1. The SMILES string of the molecule is C#CC(=O)N(c1ccc(C(F)(F)F)cc1)C1(C(=O)NC2CCCCC2)CCCCC1. The summed E-state index contributed by atoms with van der Waals surface area (Å²) in [6.45, 7) is 0. The number of hydrogen-bond acceptors (Lipinski definition) is 2. The minimum absolute atomic E-state index is 0.0560. The molecule has 0 bridgehead atoms. The van der Waals surface area contributed by atoms with E-state index in [1.807, 2.05) is 0 Å². The maximum Gasteiger partial charge on any atom is 0.416 e. The van der Waals surface area contributed by atoms with Crippen molar-refractivity contribution in [3.63, 3.8) is 0 Å². The Morgan fingerprint density at radius 1 is 1.00 bits per heavy atom. The molecule has 2 fully saturated rings. The van der Waals surface area contributed by atoms with E-state index < -0.39 is 23.2 Å². The first-order valence-electron chi connectivity index (χ1n) is 10.6. The molecule has 0 spiro atoms. The summed E-state index contributed by atoms with van der Waals surface area (Å²) in [6.07, 6.45) is 9.22. The van der Waals surface area contributed by atoms with Crippen LogP contribution in [0, 0.1) is 12.3 Å². The van der Waals surface area contributed by atoms with Gasteiger partial charge in [0.2, 0.25) is 5.91 Å². The molecule has 1 aromatic carbocycles. The summed E-state index contributed by atoms with van der Waals surface area (Å²) in [5.41, 5.74) is -1.78. The first-order valence-corrected chi connectivity index (χ1v) is 10.6. The van der Waals surface area contributed by atoms with E-state index in [4.69, 9.17) is 6.42 Å². The van der Waals surface area contributed by atoms with Crippen LogP contribution >= 0.6 is 0 Å². The van der Waals surface area contributed by atoms with Crippen LogP contribution in [0.1, 0.15) is 69.8 Å². The van der Waals surface area contributed by atoms with Gasteiger partial charge in [-0.2, -0.15) is 13.2 Å². The zero-order valence-corrected chi connectivity index (χ0v) is 16.9. The maximum atomic E-state index is 13.5. The molecular formula is C23H27F3N2O2. The highest BCUT2D eigenvalue weighted by atomic mass is 19.4. The highest BCUT2D eigenvalue weighted by Crippen LogP contribution is 2.39. The van der Waals surface area contributed by atoms with E-state index in [9.17, 15) is 22.8 Å². The molecule has 2 aliphatic carbocycles. The van der Waals surface area contributed by atoms with Gasteiger partial charge < -0.3 is 5.32 Å². The fraction of sp³-hybridized carbons (Fsp3) is 0.565. The van der Waals surface area contributed by atoms with Gasteiger partial charge in [0.15, 0.2) is 0 Å². The average molecular weight is 420 g/mol. The molecule has 7 heteroatoms. The predicted octanol–water partition coefficient (Wildman–Crippen LogP) is 4.82. The van der Waals surface area contributed by atoms with Crippen molar-refractivity contribution in [1.29, 1.82) is 0 Å². The molecule has 0 saturated heterocycles. The standard InChI is InChI=1S/C23H27F3N2O2/c1-2-20(29)28(19-13-11-17(12-14-19)23(24,25)26)22(15-7-4-8-16-22)21(30)27-18-9-5-3-6-10-18/h1,11-14,18H,3-10,15-16H2,(H,27,30). The molecule has 0 aliphatic heterocycles. The third-order valence-electron chi connectivity index (χ3n) is 6.25. The van der Waals surface area contributed by atoms with Gasteiger partial charge in [0, 0.05) is 11.7 Å². The molecule has 30 heavy (non-hydrogen) atoms. The van der Waals surface area contributed by atoms with Crippen LogP contribution in [0.5, 0.6) is 0 Å². The monoisotopic (exact) mass is 420 g/mol. The van der Waals surface area contributed by atoms with Crippen LogP contribution in [0.4, 0.5) is 18.9 Å². The molecule has 2 aliphatic rings. The number of rotatable bonds is 4. The van der Waals surface area contributed by atoms with E-state index in [1.54, 1.807) is 0 Å². The van der Waals surface area contributed by atoms with Crippen LogP contribution in [-0.4, -0.2) is 23.4 Å². The van der Waals surface area contributed by atoms with Crippen molar-refractivity contribution in [3.8, 4) is 12.3 Å². The third-order valence-corrected chi connectivity index (χ3v) is 6.25. The van der Waals surface area contributed by atoms with E-state index in [0.717, 1.165) is 63.5 Å². The lowest BCUT2D eigenvalue weighted by molar-refractivity contribution is -0.137. The van der Waals surface area contributed by atoms with Gasteiger partial charge in [-0.1, -0.05) is 38.5 Å². The predicted molar refractivity (Wildman–Crippen MR) is 109 cm³/mol. The Morgan fingerprint density at radius 3 is 2.10 bits per heavy atom. The van der Waals surface area contributed by atoms with Crippen molar-refractivity contribution >= 4 is 17.5 Å². The van der Waals surface area contributed by atoms with E-state index in [2.05, 4.69) is 11.2 Å². The van der Waals surface area contributed by atoms with Gasteiger partial charge in [0.25, 0.3) is 0 Å². The molecule has 0 radical (unpaired) electrons. The second-order valence-electron chi connectivity index (χ2n) is 8.23. The summed E-state index contributed by atoms with van der Waals surface area (Å²) in [5, 5.41) is 3.11. The zero-order chi connectivity index (χ0) is 21.8. The highest BCUT2D eigenvalue weighted by Gasteiger charge is 2.48. The fourth-order valence-electron chi connectivity index (χ4n) is 4.68. The molecule has 162 valence electrons. The molecule has 2 amide bonds. The largest absolute Gasteiger partial charge is 0.416 e. The summed E-state index contributed by atoms with van der Waals surface area (Å²) in [6, 6.07) is 4.34. The summed E-state index contributed by atoms with van der Waals surface area (Å²) in [5.74, 6) is 1.11. The van der Waals surface area contributed by atoms with Crippen molar-refractivity contribution in [2.75, 3.05) is 4.90 Å². The molecule has 2 saturated carbocycles. The van der Waals surface area contributed by atoms with Gasteiger partial charge in [-0.15, -0.1) is 6.42 Å². The summed E-state index contributed by atoms with van der Waals surface area (Å²) in [7, 11) is 0. The molecule has 0 atom stereocenters. The Balaban J connectivity index is 1.97. The van der Waals surface area contributed by atoms with E-state index in [-0.39, 0.29) is 17.6 Å². The first kappa shape index (κ1) is 22.2. The second kappa shape index (κ2) is 9.11. The lowest BCUT2D eigenvalue weighted by Gasteiger charge is -2.45. The van der Waals surface area contributed by atoms with E-state index in [1.165, 1.54) is 17.0 Å². The number of carbonyl (C=O) groups is 2. The topological polar surface area (TPSA) is 49.4 Å². The number of carbonyl (C=O) groups excluding carboxylic acids is 2. The Hall–Kier alpha value is -2.49. The second-order valence-corrected chi connectivity index (χ2v) is 8.23. The number of alkyl halides is 3. The van der Waals surface area contributed by atoms with Gasteiger partial charge in [-0.3, -0.25) is 14.5 Å². The van der Waals surface area contributed by atoms with Gasteiger partial charge >= 0.3 is 12.1 Å². The van der Waals surface area contributed by atoms with Gasteiger partial charge in [0.05, 0.1) is 5.56 Å². The molecule has 0 unspecified atom stereocenters. The Labute approximate surface area is 175 Å². The molecule has 1 N–H and O–H groups in total. The van der Waals surface area contributed by atoms with Gasteiger partial charge in [-0.05, 0) is 55.9 Å². The van der Waals surface area contributed by atoms with Crippen molar-refractivity contribution < 1.29 is 22.8 Å². The number of amides is 2. The minimum Gasteiger partial charge on any atom is -0.351 e. The van der Waals surface area contributed by atoms with E-state index in [0.29, 0.717) is 12.8 Å². The number of terminal acetylenes is 1. The van der Waals surface area contributed by atoms with Crippen LogP contribution in [-0.2, 0) is 15.8 Å². The molecule has 0 aromatic heterocycles. The van der Waals surface area contributed by atoms with Crippen molar-refractivity contribution in [2.45, 2.75) is 82.0 Å². The molecule has 1 aromatic rings. The van der Waals surface area contributed by atoms with Gasteiger partial charge in [0.1, 0.15) is 5.54 Å². The van der Waals surface area contributed by atoms with Crippen molar-refractivity contribution in [1.82, 2.24) is 5.32 Å². The van der Waals surface area contributed by atoms with Crippen molar-refractivity contribution in [2.24, 2.45) is 0 Å². The quantitative estimate of drug-likeness (QED) is 0.710. The minimum atomic E-state index is -4.49. The number of halogens is 3. The van der Waals surface area contributed by atoms with Crippen LogP contribution in [0.3, 0.4) is 0 Å². The Kier molecular flexibility index (Phi) is 6.74. The Bertz CT molecular complexity index is 799. The number of benzene rings is 1. The lowest BCUT2D eigenvalue weighted by atomic mass is 9.78. The molecule has 3 rings (SSSR count). The maximum absolute atomic E-state index is 13.5.